The number of piperidine rings is 1. The third-order valence-corrected chi connectivity index (χ3v) is 5.99. The first kappa shape index (κ1) is 16.2. The van der Waals surface area contributed by atoms with Gasteiger partial charge in [0.1, 0.15) is 11.6 Å². The van der Waals surface area contributed by atoms with Crippen molar-refractivity contribution in [2.45, 2.75) is 31.8 Å². The summed E-state index contributed by atoms with van der Waals surface area (Å²) < 4.78 is 11.5. The molecule has 0 saturated carbocycles. The van der Waals surface area contributed by atoms with Crippen LogP contribution in [0.1, 0.15) is 25.7 Å². The second-order valence-electron chi connectivity index (χ2n) is 7.06. The molecule has 24 heavy (non-hydrogen) atoms. The fourth-order valence-corrected chi connectivity index (χ4v) is 4.67. The van der Waals surface area contributed by atoms with Gasteiger partial charge < -0.3 is 19.3 Å². The van der Waals surface area contributed by atoms with Crippen LogP contribution in [-0.4, -0.2) is 73.1 Å². The Kier molecular flexibility index (Phi) is 4.69. The van der Waals surface area contributed by atoms with Crippen LogP contribution in [0.2, 0.25) is 0 Å². The largest absolute Gasteiger partial charge is 0.379 e. The Balaban J connectivity index is 1.48. The van der Waals surface area contributed by atoms with Crippen LogP contribution in [0, 0.1) is 5.41 Å². The van der Waals surface area contributed by atoms with E-state index >= 15 is 0 Å². The summed E-state index contributed by atoms with van der Waals surface area (Å²) in [5.74, 6) is 0.165. The minimum Gasteiger partial charge on any atom is -0.379 e. The summed E-state index contributed by atoms with van der Waals surface area (Å²) in [6, 6.07) is 0. The number of amides is 1. The molecule has 1 aromatic rings. The van der Waals surface area contributed by atoms with Crippen LogP contribution in [0.3, 0.4) is 0 Å². The lowest BCUT2D eigenvalue weighted by atomic mass is 9.80. The Morgan fingerprint density at radius 3 is 3.04 bits per heavy atom. The van der Waals surface area contributed by atoms with Gasteiger partial charge in [-0.1, -0.05) is 11.3 Å². The van der Waals surface area contributed by atoms with Crippen molar-refractivity contribution in [3.05, 3.63) is 5.51 Å². The molecule has 3 saturated heterocycles. The number of carbonyl (C=O) groups is 1. The first-order valence-corrected chi connectivity index (χ1v) is 9.63. The highest BCUT2D eigenvalue weighted by molar-refractivity contribution is 7.13. The van der Waals surface area contributed by atoms with Crippen LogP contribution in [0.25, 0.3) is 0 Å². The van der Waals surface area contributed by atoms with E-state index in [1.165, 1.54) is 0 Å². The van der Waals surface area contributed by atoms with E-state index in [2.05, 4.69) is 15.1 Å². The van der Waals surface area contributed by atoms with E-state index in [-0.39, 0.29) is 17.4 Å². The second kappa shape index (κ2) is 6.93. The van der Waals surface area contributed by atoms with Crippen molar-refractivity contribution in [2.24, 2.45) is 5.41 Å². The highest BCUT2D eigenvalue weighted by Crippen LogP contribution is 2.35. The van der Waals surface area contributed by atoms with Crippen LogP contribution >= 0.6 is 11.3 Å². The number of aromatic nitrogens is 2. The maximum absolute atomic E-state index is 12.7. The molecule has 0 aliphatic carbocycles. The normalized spacial score (nSPS) is 31.4. The van der Waals surface area contributed by atoms with E-state index in [0.29, 0.717) is 19.8 Å². The van der Waals surface area contributed by atoms with Gasteiger partial charge in [-0.05, 0) is 25.7 Å². The van der Waals surface area contributed by atoms with Crippen LogP contribution in [0.5, 0.6) is 0 Å². The van der Waals surface area contributed by atoms with Gasteiger partial charge in [0.25, 0.3) is 5.91 Å². The number of anilines is 1. The average molecular weight is 352 g/mol. The van der Waals surface area contributed by atoms with Crippen LogP contribution in [0.15, 0.2) is 5.51 Å². The fourth-order valence-electron chi connectivity index (χ4n) is 4.08. The molecule has 4 heterocycles. The predicted molar refractivity (Wildman–Crippen MR) is 90.2 cm³/mol. The molecule has 0 aromatic carbocycles. The molecular weight excluding hydrogens is 328 g/mol. The van der Waals surface area contributed by atoms with E-state index in [1.54, 1.807) is 16.8 Å². The smallest absolute Gasteiger partial charge is 0.251 e. The third-order valence-electron chi connectivity index (χ3n) is 5.24. The number of rotatable bonds is 2. The van der Waals surface area contributed by atoms with Crippen LogP contribution in [0.4, 0.5) is 5.13 Å². The zero-order valence-corrected chi connectivity index (χ0v) is 14.7. The van der Waals surface area contributed by atoms with Gasteiger partial charge >= 0.3 is 0 Å². The van der Waals surface area contributed by atoms with E-state index in [0.717, 1.165) is 57.0 Å². The van der Waals surface area contributed by atoms with Crippen LogP contribution < -0.4 is 4.90 Å². The molecular formula is C16H24N4O3S. The zero-order chi connectivity index (χ0) is 16.4. The van der Waals surface area contributed by atoms with Crippen molar-refractivity contribution in [3.8, 4) is 0 Å². The standard InChI is InChI=1S/C16H24N4O3S/c21-14(13-3-1-7-23-13)19-5-2-4-16(9-19)10-20(6-8-22-11-16)15-18-17-12-24-15/h12-13H,1-11H2/t13-,16?/m0/s1. The molecule has 0 radical (unpaired) electrons. The van der Waals surface area contributed by atoms with Gasteiger partial charge in [0, 0.05) is 38.2 Å². The number of nitrogens with zero attached hydrogens (tertiary/aromatic N) is 4. The Bertz CT molecular complexity index is 564. The Labute approximate surface area is 145 Å². The van der Waals surface area contributed by atoms with E-state index in [4.69, 9.17) is 9.47 Å². The molecule has 3 aliphatic heterocycles. The number of ether oxygens (including phenoxy) is 2. The van der Waals surface area contributed by atoms with Gasteiger partial charge in [-0.25, -0.2) is 0 Å². The molecule has 0 bridgehead atoms. The van der Waals surface area contributed by atoms with Gasteiger partial charge in [-0.2, -0.15) is 0 Å². The van der Waals surface area contributed by atoms with Gasteiger partial charge in [0.05, 0.1) is 13.2 Å². The lowest BCUT2D eigenvalue weighted by Crippen LogP contribution is -2.54. The summed E-state index contributed by atoms with van der Waals surface area (Å²) in [6.07, 6.45) is 3.72. The molecule has 4 rings (SSSR count). The lowest BCUT2D eigenvalue weighted by Gasteiger charge is -2.44. The summed E-state index contributed by atoms with van der Waals surface area (Å²) in [5.41, 5.74) is 1.75. The summed E-state index contributed by atoms with van der Waals surface area (Å²) in [5, 5.41) is 9.12. The van der Waals surface area contributed by atoms with Crippen molar-refractivity contribution < 1.29 is 14.3 Å². The minimum absolute atomic E-state index is 0.0192. The summed E-state index contributed by atoms with van der Waals surface area (Å²) in [6.45, 7) is 5.40. The topological polar surface area (TPSA) is 67.8 Å². The molecule has 1 aromatic heterocycles. The van der Waals surface area contributed by atoms with E-state index in [9.17, 15) is 4.79 Å². The van der Waals surface area contributed by atoms with Crippen molar-refractivity contribution in [2.75, 3.05) is 50.9 Å². The number of carbonyl (C=O) groups excluding carboxylic acids is 1. The zero-order valence-electron chi connectivity index (χ0n) is 13.9. The molecule has 132 valence electrons. The fraction of sp³-hybridized carbons (Fsp3) is 0.812. The second-order valence-corrected chi connectivity index (χ2v) is 7.87. The van der Waals surface area contributed by atoms with Crippen molar-refractivity contribution in [1.82, 2.24) is 15.1 Å². The van der Waals surface area contributed by atoms with Gasteiger partial charge in [-0.15, -0.1) is 10.2 Å². The molecule has 3 aliphatic rings. The molecule has 2 atom stereocenters. The summed E-state index contributed by atoms with van der Waals surface area (Å²) in [4.78, 5) is 17.0. The van der Waals surface area contributed by atoms with Crippen molar-refractivity contribution >= 4 is 22.4 Å². The Morgan fingerprint density at radius 1 is 1.29 bits per heavy atom. The summed E-state index contributed by atoms with van der Waals surface area (Å²) in [7, 11) is 0. The molecule has 8 heteroatoms. The lowest BCUT2D eigenvalue weighted by molar-refractivity contribution is -0.145. The number of hydrogen-bond donors (Lipinski definition) is 0. The highest BCUT2D eigenvalue weighted by atomic mass is 32.1. The number of likely N-dealkylation sites (tertiary alicyclic amines) is 1. The highest BCUT2D eigenvalue weighted by Gasteiger charge is 2.42. The van der Waals surface area contributed by atoms with Gasteiger partial charge in [-0.3, -0.25) is 4.79 Å². The predicted octanol–water partition coefficient (Wildman–Crippen LogP) is 1.16. The first-order valence-electron chi connectivity index (χ1n) is 8.75. The van der Waals surface area contributed by atoms with Gasteiger partial charge in [0.15, 0.2) is 0 Å². The third kappa shape index (κ3) is 3.27. The maximum Gasteiger partial charge on any atom is 0.251 e. The monoisotopic (exact) mass is 352 g/mol. The minimum atomic E-state index is -0.230. The summed E-state index contributed by atoms with van der Waals surface area (Å²) >= 11 is 1.56. The van der Waals surface area contributed by atoms with Crippen molar-refractivity contribution in [3.63, 3.8) is 0 Å². The Hall–Kier alpha value is -1.25. The average Bonchev–Trinajstić information content (AvgIpc) is 3.28. The molecule has 1 amide bonds. The quantitative estimate of drug-likeness (QED) is 0.796. The van der Waals surface area contributed by atoms with E-state index < -0.39 is 0 Å². The maximum atomic E-state index is 12.7. The molecule has 7 nitrogen and oxygen atoms in total. The van der Waals surface area contributed by atoms with Gasteiger partial charge in [0.2, 0.25) is 5.13 Å². The Morgan fingerprint density at radius 2 is 2.25 bits per heavy atom. The number of hydrogen-bond acceptors (Lipinski definition) is 7. The molecule has 1 spiro atoms. The first-order chi connectivity index (χ1) is 11.8. The van der Waals surface area contributed by atoms with E-state index in [1.807, 2.05) is 4.90 Å². The molecule has 3 fully saturated rings. The van der Waals surface area contributed by atoms with Crippen molar-refractivity contribution in [1.29, 1.82) is 0 Å². The molecule has 0 N–H and O–H groups in total. The SMILES string of the molecule is O=C([C@@H]1CCCO1)N1CCCC2(COCCN(c3nncs3)C2)C1. The molecule has 1 unspecified atom stereocenters. The van der Waals surface area contributed by atoms with Crippen LogP contribution in [-0.2, 0) is 14.3 Å².